The SMILES string of the molecule is C[Si](C)(/C=C\c1ccc(Cl)cc1)c1ccccc1. The third-order valence-corrected chi connectivity index (χ3v) is 6.15. The van der Waals surface area contributed by atoms with Crippen molar-refractivity contribution in [2.24, 2.45) is 0 Å². The largest absolute Gasteiger partial charge is 0.104 e. The van der Waals surface area contributed by atoms with Crippen molar-refractivity contribution >= 4 is 30.9 Å². The Morgan fingerprint density at radius 3 is 2.11 bits per heavy atom. The second kappa shape index (κ2) is 5.55. The van der Waals surface area contributed by atoms with Gasteiger partial charge in [-0.3, -0.25) is 0 Å². The molecule has 0 aliphatic heterocycles. The van der Waals surface area contributed by atoms with E-state index in [-0.39, 0.29) is 0 Å². The van der Waals surface area contributed by atoms with Gasteiger partial charge < -0.3 is 0 Å². The van der Waals surface area contributed by atoms with Crippen molar-refractivity contribution in [3.8, 4) is 0 Å². The maximum absolute atomic E-state index is 5.88. The van der Waals surface area contributed by atoms with Crippen molar-refractivity contribution in [1.82, 2.24) is 0 Å². The van der Waals surface area contributed by atoms with E-state index in [1.807, 2.05) is 24.3 Å². The summed E-state index contributed by atoms with van der Waals surface area (Å²) < 4.78 is 0. The second-order valence-electron chi connectivity index (χ2n) is 4.97. The third-order valence-electron chi connectivity index (χ3n) is 3.08. The summed E-state index contributed by atoms with van der Waals surface area (Å²) in [6.07, 6.45) is 2.20. The molecule has 2 rings (SSSR count). The van der Waals surface area contributed by atoms with Gasteiger partial charge in [-0.15, -0.1) is 0 Å². The van der Waals surface area contributed by atoms with E-state index in [1.165, 1.54) is 10.8 Å². The molecule has 92 valence electrons. The minimum atomic E-state index is -1.49. The molecule has 0 unspecified atom stereocenters. The van der Waals surface area contributed by atoms with Crippen molar-refractivity contribution in [2.75, 3.05) is 0 Å². The normalized spacial score (nSPS) is 11.9. The summed E-state index contributed by atoms with van der Waals surface area (Å²) in [7, 11) is -1.49. The molecule has 0 saturated heterocycles. The molecule has 2 heteroatoms. The van der Waals surface area contributed by atoms with Crippen molar-refractivity contribution in [1.29, 1.82) is 0 Å². The minimum absolute atomic E-state index is 0.784. The molecule has 0 atom stereocenters. The first-order chi connectivity index (χ1) is 8.58. The monoisotopic (exact) mass is 272 g/mol. The first-order valence-corrected chi connectivity index (χ1v) is 9.54. The number of rotatable bonds is 3. The predicted molar refractivity (Wildman–Crippen MR) is 84.0 cm³/mol. The van der Waals surface area contributed by atoms with Crippen LogP contribution in [0, 0.1) is 0 Å². The van der Waals surface area contributed by atoms with Gasteiger partial charge in [-0.25, -0.2) is 0 Å². The molecule has 0 nitrogen and oxygen atoms in total. The van der Waals surface area contributed by atoms with Crippen LogP contribution in [-0.2, 0) is 0 Å². The first kappa shape index (κ1) is 13.1. The van der Waals surface area contributed by atoms with Crippen LogP contribution in [0.3, 0.4) is 0 Å². The number of halogens is 1. The molecular weight excluding hydrogens is 256 g/mol. The highest BCUT2D eigenvalue weighted by Gasteiger charge is 2.18. The number of hydrogen-bond acceptors (Lipinski definition) is 0. The van der Waals surface area contributed by atoms with E-state index < -0.39 is 8.07 Å². The molecule has 0 heterocycles. The quantitative estimate of drug-likeness (QED) is 0.722. The number of hydrogen-bond donors (Lipinski definition) is 0. The lowest BCUT2D eigenvalue weighted by molar-refractivity contribution is 1.65. The highest BCUT2D eigenvalue weighted by molar-refractivity contribution is 6.94. The van der Waals surface area contributed by atoms with Crippen LogP contribution in [-0.4, -0.2) is 8.07 Å². The van der Waals surface area contributed by atoms with Gasteiger partial charge in [0.25, 0.3) is 0 Å². The zero-order valence-electron chi connectivity index (χ0n) is 10.7. The van der Waals surface area contributed by atoms with Crippen LogP contribution in [0.2, 0.25) is 18.1 Å². The van der Waals surface area contributed by atoms with Crippen LogP contribution < -0.4 is 5.19 Å². The fourth-order valence-corrected chi connectivity index (χ4v) is 3.82. The van der Waals surface area contributed by atoms with Gasteiger partial charge in [-0.2, -0.15) is 0 Å². The summed E-state index contributed by atoms with van der Waals surface area (Å²) in [4.78, 5) is 0. The molecular formula is C16H17ClSi. The van der Waals surface area contributed by atoms with Crippen molar-refractivity contribution in [2.45, 2.75) is 13.1 Å². The molecule has 2 aromatic rings. The first-order valence-electron chi connectivity index (χ1n) is 6.08. The van der Waals surface area contributed by atoms with E-state index in [0.29, 0.717) is 0 Å². The van der Waals surface area contributed by atoms with Gasteiger partial charge in [-0.1, -0.05) is 84.1 Å². The fraction of sp³-hybridized carbons (Fsp3) is 0.125. The lowest BCUT2D eigenvalue weighted by Crippen LogP contribution is -2.39. The van der Waals surface area contributed by atoms with Gasteiger partial charge in [0, 0.05) is 5.02 Å². The maximum atomic E-state index is 5.88. The maximum Gasteiger partial charge on any atom is 0.104 e. The molecule has 0 aliphatic carbocycles. The molecule has 0 spiro atoms. The Bertz CT molecular complexity index is 527. The lowest BCUT2D eigenvalue weighted by Gasteiger charge is -2.18. The predicted octanol–water partition coefficient (Wildman–Crippen LogP) is 4.51. The van der Waals surface area contributed by atoms with Crippen molar-refractivity contribution in [3.63, 3.8) is 0 Å². The zero-order valence-corrected chi connectivity index (χ0v) is 12.5. The van der Waals surface area contributed by atoms with Gasteiger partial charge in [0.1, 0.15) is 8.07 Å². The fourth-order valence-electron chi connectivity index (χ4n) is 1.84. The van der Waals surface area contributed by atoms with Crippen LogP contribution in [0.4, 0.5) is 0 Å². The zero-order chi connectivity index (χ0) is 13.0. The van der Waals surface area contributed by atoms with E-state index in [9.17, 15) is 0 Å². The Morgan fingerprint density at radius 2 is 1.50 bits per heavy atom. The summed E-state index contributed by atoms with van der Waals surface area (Å²) in [6, 6.07) is 18.7. The van der Waals surface area contributed by atoms with Crippen LogP contribution in [0.5, 0.6) is 0 Å². The van der Waals surface area contributed by atoms with E-state index in [4.69, 9.17) is 11.6 Å². The molecule has 0 aromatic heterocycles. The number of benzene rings is 2. The van der Waals surface area contributed by atoms with Crippen molar-refractivity contribution in [3.05, 3.63) is 70.9 Å². The summed E-state index contributed by atoms with van der Waals surface area (Å²) in [6.45, 7) is 4.71. The molecule has 0 radical (unpaired) electrons. The minimum Gasteiger partial charge on any atom is -0.0897 e. The van der Waals surface area contributed by atoms with Gasteiger partial charge in [0.05, 0.1) is 0 Å². The summed E-state index contributed by atoms with van der Waals surface area (Å²) in [5, 5.41) is 2.24. The average molecular weight is 273 g/mol. The molecule has 18 heavy (non-hydrogen) atoms. The van der Waals surface area contributed by atoms with Gasteiger partial charge in [0.15, 0.2) is 0 Å². The molecule has 0 saturated carbocycles. The molecule has 0 bridgehead atoms. The van der Waals surface area contributed by atoms with Gasteiger partial charge in [0.2, 0.25) is 0 Å². The Morgan fingerprint density at radius 1 is 0.889 bits per heavy atom. The van der Waals surface area contributed by atoms with Crippen LogP contribution in [0.1, 0.15) is 5.56 Å². The highest BCUT2D eigenvalue weighted by atomic mass is 35.5. The van der Waals surface area contributed by atoms with Crippen LogP contribution >= 0.6 is 11.6 Å². The molecule has 2 aromatic carbocycles. The van der Waals surface area contributed by atoms with E-state index in [2.05, 4.69) is 55.2 Å². The topological polar surface area (TPSA) is 0 Å². The van der Waals surface area contributed by atoms with Crippen molar-refractivity contribution < 1.29 is 0 Å². The standard InChI is InChI=1S/C16H17ClSi/c1-18(2,16-6-4-3-5-7-16)13-12-14-8-10-15(17)11-9-14/h3-13H,1-2H3/b13-12-. The van der Waals surface area contributed by atoms with Crippen LogP contribution in [0.15, 0.2) is 60.3 Å². The average Bonchev–Trinajstić information content (AvgIpc) is 2.39. The van der Waals surface area contributed by atoms with Gasteiger partial charge in [-0.05, 0) is 17.7 Å². The Kier molecular flexibility index (Phi) is 4.05. The second-order valence-corrected chi connectivity index (χ2v) is 9.76. The summed E-state index contributed by atoms with van der Waals surface area (Å²) in [5.74, 6) is 0. The summed E-state index contributed by atoms with van der Waals surface area (Å²) in [5.41, 5.74) is 3.57. The summed E-state index contributed by atoms with van der Waals surface area (Å²) >= 11 is 5.88. The Balaban J connectivity index is 2.20. The molecule has 0 amide bonds. The van der Waals surface area contributed by atoms with Gasteiger partial charge >= 0.3 is 0 Å². The molecule has 0 aliphatic rings. The lowest BCUT2D eigenvalue weighted by atomic mass is 10.2. The Hall–Kier alpha value is -1.31. The molecule has 0 N–H and O–H groups in total. The Labute approximate surface area is 115 Å². The van der Waals surface area contributed by atoms with E-state index >= 15 is 0 Å². The molecule has 0 fully saturated rings. The smallest absolute Gasteiger partial charge is 0.0897 e. The van der Waals surface area contributed by atoms with Crippen LogP contribution in [0.25, 0.3) is 6.08 Å². The third kappa shape index (κ3) is 3.34. The van der Waals surface area contributed by atoms with E-state index in [1.54, 1.807) is 0 Å². The highest BCUT2D eigenvalue weighted by Crippen LogP contribution is 2.13. The van der Waals surface area contributed by atoms with E-state index in [0.717, 1.165) is 5.02 Å².